The van der Waals surface area contributed by atoms with E-state index in [1.807, 2.05) is 0 Å². The van der Waals surface area contributed by atoms with Crippen LogP contribution in [-0.4, -0.2) is 99.5 Å². The Labute approximate surface area is 144 Å². The molecule has 0 bridgehead atoms. The summed E-state index contributed by atoms with van der Waals surface area (Å²) in [5.41, 5.74) is 0.122. The summed E-state index contributed by atoms with van der Waals surface area (Å²) in [6, 6.07) is 1.77. The van der Waals surface area contributed by atoms with Crippen LogP contribution in [0.25, 0.3) is 0 Å². The molecule has 1 aliphatic carbocycles. The van der Waals surface area contributed by atoms with Gasteiger partial charge < -0.3 is 44.8 Å². The molecule has 9 atom stereocenters. The third-order valence-electron chi connectivity index (χ3n) is 4.51. The highest BCUT2D eigenvalue weighted by Crippen LogP contribution is 2.32. The lowest BCUT2D eigenvalue weighted by molar-refractivity contribution is -0.312. The molecule has 2 fully saturated rings. The number of hydrogen-bond donors (Lipinski definition) is 6. The molecular weight excluding hydrogens is 338 g/mol. The van der Waals surface area contributed by atoms with Crippen molar-refractivity contribution in [1.82, 2.24) is 0 Å². The molecule has 6 N–H and O–H groups in total. The Morgan fingerprint density at radius 2 is 1.88 bits per heavy atom. The van der Waals surface area contributed by atoms with Crippen molar-refractivity contribution in [2.45, 2.75) is 61.5 Å². The van der Waals surface area contributed by atoms with E-state index in [9.17, 15) is 30.6 Å². The second kappa shape index (κ2) is 8.50. The lowest BCUT2D eigenvalue weighted by Gasteiger charge is -2.43. The third kappa shape index (κ3) is 4.01. The van der Waals surface area contributed by atoms with Crippen LogP contribution in [0.3, 0.4) is 0 Å². The number of rotatable bonds is 4. The van der Waals surface area contributed by atoms with Crippen LogP contribution in [0.5, 0.6) is 0 Å². The maximum absolute atomic E-state index is 10.3. The van der Waals surface area contributed by atoms with Crippen LogP contribution in [0.15, 0.2) is 11.6 Å². The van der Waals surface area contributed by atoms with Crippen LogP contribution in [0.4, 0.5) is 0 Å². The fraction of sp³-hybridized carbons (Fsp3) is 0.800. The highest BCUT2D eigenvalue weighted by atomic mass is 16.7. The molecule has 0 aromatic rings. The van der Waals surface area contributed by atoms with Crippen LogP contribution >= 0.6 is 0 Å². The molecule has 1 saturated carbocycles. The Morgan fingerprint density at radius 1 is 1.20 bits per heavy atom. The van der Waals surface area contributed by atoms with Crippen molar-refractivity contribution in [3.05, 3.63) is 11.6 Å². The summed E-state index contributed by atoms with van der Waals surface area (Å²) in [4.78, 5) is 0. The fourth-order valence-electron chi connectivity index (χ4n) is 3.09. The molecule has 10 heteroatoms. The SMILES string of the molecule is CO[C@@H]1C(O)/C(=C\C#N)[C@@H](O[C@@H]2O[C@H](CO)[C@@H](O)[C@H](O)[C@H]2O)C[C@@H]1O. The maximum atomic E-state index is 10.3. The first-order valence-electron chi connectivity index (χ1n) is 7.80. The number of ether oxygens (including phenoxy) is 3. The van der Waals surface area contributed by atoms with Gasteiger partial charge in [-0.25, -0.2) is 0 Å². The largest absolute Gasteiger partial charge is 0.394 e. The maximum Gasteiger partial charge on any atom is 0.187 e. The van der Waals surface area contributed by atoms with Gasteiger partial charge in [-0.15, -0.1) is 0 Å². The van der Waals surface area contributed by atoms with Crippen molar-refractivity contribution in [3.63, 3.8) is 0 Å². The van der Waals surface area contributed by atoms with Gasteiger partial charge in [0.1, 0.15) is 36.6 Å². The van der Waals surface area contributed by atoms with Gasteiger partial charge in [-0.05, 0) is 0 Å². The van der Waals surface area contributed by atoms with Gasteiger partial charge in [0, 0.05) is 25.2 Å². The van der Waals surface area contributed by atoms with E-state index in [-0.39, 0.29) is 12.0 Å². The summed E-state index contributed by atoms with van der Waals surface area (Å²) in [6.45, 7) is -0.618. The van der Waals surface area contributed by atoms with Crippen LogP contribution < -0.4 is 0 Å². The van der Waals surface area contributed by atoms with Crippen LogP contribution in [0.2, 0.25) is 0 Å². The molecule has 2 aliphatic rings. The molecule has 0 aromatic heterocycles. The minimum Gasteiger partial charge on any atom is -0.394 e. The Kier molecular flexibility index (Phi) is 6.86. The zero-order valence-corrected chi connectivity index (χ0v) is 13.5. The van der Waals surface area contributed by atoms with Crippen LogP contribution in [-0.2, 0) is 14.2 Å². The van der Waals surface area contributed by atoms with E-state index in [1.165, 1.54) is 7.11 Å². The summed E-state index contributed by atoms with van der Waals surface area (Å²) in [7, 11) is 1.31. The quantitative estimate of drug-likeness (QED) is 0.279. The highest BCUT2D eigenvalue weighted by molar-refractivity contribution is 5.26. The van der Waals surface area contributed by atoms with Crippen molar-refractivity contribution in [1.29, 1.82) is 5.26 Å². The standard InChI is InChI=1S/C15H23NO9/c1-23-14-7(18)4-8(6(2-3-16)10(14)19)24-15-13(22)12(21)11(20)9(5-17)25-15/h2,7-15,17-22H,4-5H2,1H3/b6-2-/t7-,8-,9+,10?,11+,12-,13+,14-,15+/m0/s1. The predicted molar refractivity (Wildman–Crippen MR) is 79.8 cm³/mol. The van der Waals surface area contributed by atoms with E-state index in [2.05, 4.69) is 0 Å². The van der Waals surface area contributed by atoms with Gasteiger partial charge in [0.05, 0.1) is 24.9 Å². The number of nitrogens with zero attached hydrogens (tertiary/aromatic N) is 1. The first kappa shape index (κ1) is 20.2. The smallest absolute Gasteiger partial charge is 0.187 e. The Bertz CT molecular complexity index is 520. The fourth-order valence-corrected chi connectivity index (χ4v) is 3.09. The van der Waals surface area contributed by atoms with E-state index in [0.29, 0.717) is 0 Å². The van der Waals surface area contributed by atoms with E-state index in [0.717, 1.165) is 6.08 Å². The number of allylic oxidation sites excluding steroid dienone is 1. The van der Waals surface area contributed by atoms with Gasteiger partial charge in [0.2, 0.25) is 0 Å². The third-order valence-corrected chi connectivity index (χ3v) is 4.51. The zero-order valence-electron chi connectivity index (χ0n) is 13.5. The van der Waals surface area contributed by atoms with Crippen molar-refractivity contribution in [2.75, 3.05) is 13.7 Å². The second-order valence-electron chi connectivity index (χ2n) is 6.04. The molecule has 1 saturated heterocycles. The average Bonchev–Trinajstić information content (AvgIpc) is 2.59. The summed E-state index contributed by atoms with van der Waals surface area (Å²) < 4.78 is 15.8. The van der Waals surface area contributed by atoms with Crippen molar-refractivity contribution >= 4 is 0 Å². The first-order chi connectivity index (χ1) is 11.8. The number of nitriles is 1. The number of aliphatic hydroxyl groups is 6. The Morgan fingerprint density at radius 3 is 2.44 bits per heavy atom. The molecule has 10 nitrogen and oxygen atoms in total. The minimum atomic E-state index is -1.63. The molecule has 0 spiro atoms. The average molecular weight is 361 g/mol. The molecule has 1 aliphatic heterocycles. The molecule has 142 valence electrons. The molecular formula is C15H23NO9. The topological polar surface area (TPSA) is 173 Å². The lowest BCUT2D eigenvalue weighted by atomic mass is 9.84. The zero-order chi connectivity index (χ0) is 18.7. The van der Waals surface area contributed by atoms with Gasteiger partial charge in [-0.2, -0.15) is 5.26 Å². The monoisotopic (exact) mass is 361 g/mol. The molecule has 1 heterocycles. The number of hydrogen-bond acceptors (Lipinski definition) is 10. The number of aliphatic hydroxyl groups excluding tert-OH is 6. The minimum absolute atomic E-state index is 0.0574. The van der Waals surface area contributed by atoms with E-state index < -0.39 is 61.7 Å². The van der Waals surface area contributed by atoms with Crippen molar-refractivity contribution in [2.24, 2.45) is 0 Å². The first-order valence-corrected chi connectivity index (χ1v) is 7.80. The normalized spacial score (nSPS) is 46.8. The molecule has 0 radical (unpaired) electrons. The molecule has 2 rings (SSSR count). The predicted octanol–water partition coefficient (Wildman–Crippen LogP) is -3.24. The summed E-state index contributed by atoms with van der Waals surface area (Å²) in [5.74, 6) is 0. The Balaban J connectivity index is 2.19. The van der Waals surface area contributed by atoms with E-state index >= 15 is 0 Å². The number of methoxy groups -OCH3 is 1. The summed E-state index contributed by atoms with van der Waals surface area (Å²) >= 11 is 0. The molecule has 1 unspecified atom stereocenters. The van der Waals surface area contributed by atoms with Gasteiger partial charge in [-0.1, -0.05) is 0 Å². The van der Waals surface area contributed by atoms with Crippen LogP contribution in [0.1, 0.15) is 6.42 Å². The highest BCUT2D eigenvalue weighted by Gasteiger charge is 2.47. The van der Waals surface area contributed by atoms with Gasteiger partial charge in [0.15, 0.2) is 6.29 Å². The van der Waals surface area contributed by atoms with Crippen LogP contribution in [0, 0.1) is 11.3 Å². The van der Waals surface area contributed by atoms with E-state index in [1.54, 1.807) is 6.07 Å². The van der Waals surface area contributed by atoms with Gasteiger partial charge >= 0.3 is 0 Å². The van der Waals surface area contributed by atoms with Gasteiger partial charge in [-0.3, -0.25) is 0 Å². The Hall–Kier alpha value is -1.13. The van der Waals surface area contributed by atoms with E-state index in [4.69, 9.17) is 19.5 Å². The van der Waals surface area contributed by atoms with Crippen molar-refractivity contribution < 1.29 is 44.8 Å². The van der Waals surface area contributed by atoms with Crippen molar-refractivity contribution in [3.8, 4) is 6.07 Å². The summed E-state index contributed by atoms with van der Waals surface area (Å²) in [6.07, 6.45) is -10.8. The molecule has 0 amide bonds. The lowest BCUT2D eigenvalue weighted by Crippen LogP contribution is -2.60. The molecule has 0 aromatic carbocycles. The summed E-state index contributed by atoms with van der Waals surface area (Å²) in [5, 5.41) is 68.0. The molecule has 25 heavy (non-hydrogen) atoms. The second-order valence-corrected chi connectivity index (χ2v) is 6.04. The van der Waals surface area contributed by atoms with Gasteiger partial charge in [0.25, 0.3) is 0 Å².